The zero-order valence-corrected chi connectivity index (χ0v) is 17.3. The lowest BCUT2D eigenvalue weighted by atomic mass is 10.1. The van der Waals surface area contributed by atoms with Gasteiger partial charge < -0.3 is 5.32 Å². The fourth-order valence-corrected chi connectivity index (χ4v) is 3.58. The van der Waals surface area contributed by atoms with Gasteiger partial charge in [0.05, 0.1) is 16.2 Å². The number of amides is 1. The van der Waals surface area contributed by atoms with Gasteiger partial charge in [-0.15, -0.1) is 0 Å². The molecule has 1 atom stereocenters. The lowest BCUT2D eigenvalue weighted by Crippen LogP contribution is -2.32. The number of aromatic nitrogens is 2. The summed E-state index contributed by atoms with van der Waals surface area (Å²) in [5.41, 5.74) is 0.475. The maximum absolute atomic E-state index is 13.0. The summed E-state index contributed by atoms with van der Waals surface area (Å²) in [6.07, 6.45) is 1.75. The monoisotopic (exact) mass is 395 g/mol. The summed E-state index contributed by atoms with van der Waals surface area (Å²) < 4.78 is 1.69. The van der Waals surface area contributed by atoms with Crippen molar-refractivity contribution < 1.29 is 4.79 Å². The molecular weight excluding hydrogens is 370 g/mol. The first-order valence-corrected chi connectivity index (χ1v) is 10.2. The fraction of sp³-hybridized carbons (Fsp3) is 0.526. The lowest BCUT2D eigenvalue weighted by molar-refractivity contribution is -0.120. The second-order valence-electron chi connectivity index (χ2n) is 6.75. The second-order valence-corrected chi connectivity index (χ2v) is 8.49. The van der Waals surface area contributed by atoms with Crippen LogP contribution in [-0.2, 0) is 11.3 Å². The van der Waals surface area contributed by atoms with Crippen molar-refractivity contribution in [1.29, 1.82) is 0 Å². The van der Waals surface area contributed by atoms with Gasteiger partial charge in [0, 0.05) is 18.1 Å². The van der Waals surface area contributed by atoms with Gasteiger partial charge in [-0.3, -0.25) is 14.2 Å². The number of carbonyl (C=O) groups is 1. The largest absolute Gasteiger partial charge is 0.355 e. The molecule has 5 nitrogen and oxygen atoms in total. The van der Waals surface area contributed by atoms with E-state index in [9.17, 15) is 9.59 Å². The number of nitrogens with zero attached hydrogens (tertiary/aromatic N) is 2. The molecule has 0 aliphatic heterocycles. The van der Waals surface area contributed by atoms with Crippen molar-refractivity contribution in [2.75, 3.05) is 6.54 Å². The molecule has 1 aromatic carbocycles. The Hall–Kier alpha value is -1.53. The van der Waals surface area contributed by atoms with Gasteiger partial charge >= 0.3 is 0 Å². The Morgan fingerprint density at radius 2 is 2.08 bits per heavy atom. The smallest absolute Gasteiger partial charge is 0.262 e. The van der Waals surface area contributed by atoms with Crippen molar-refractivity contribution in [3.8, 4) is 0 Å². The zero-order chi connectivity index (χ0) is 19.3. The maximum Gasteiger partial charge on any atom is 0.262 e. The van der Waals surface area contributed by atoms with Crippen LogP contribution in [0.15, 0.2) is 28.2 Å². The third-order valence-electron chi connectivity index (χ3n) is 4.01. The molecule has 142 valence electrons. The van der Waals surface area contributed by atoms with Gasteiger partial charge in [-0.2, -0.15) is 0 Å². The van der Waals surface area contributed by atoms with E-state index in [2.05, 4.69) is 24.1 Å². The minimum atomic E-state index is -0.338. The van der Waals surface area contributed by atoms with E-state index < -0.39 is 0 Å². The van der Waals surface area contributed by atoms with Crippen LogP contribution in [0.1, 0.15) is 40.5 Å². The topological polar surface area (TPSA) is 64.0 Å². The molecule has 0 saturated heterocycles. The molecule has 0 spiro atoms. The van der Waals surface area contributed by atoms with Crippen molar-refractivity contribution in [2.24, 2.45) is 5.92 Å². The van der Waals surface area contributed by atoms with Crippen LogP contribution < -0.4 is 10.9 Å². The van der Waals surface area contributed by atoms with Crippen LogP contribution in [0.3, 0.4) is 0 Å². The number of fused-ring (bicyclic) bond motifs is 1. The van der Waals surface area contributed by atoms with Crippen molar-refractivity contribution in [3.63, 3.8) is 0 Å². The van der Waals surface area contributed by atoms with Gasteiger partial charge in [-0.25, -0.2) is 4.98 Å². The van der Waals surface area contributed by atoms with Crippen LogP contribution in [0.4, 0.5) is 0 Å². The second kappa shape index (κ2) is 9.42. The summed E-state index contributed by atoms with van der Waals surface area (Å²) in [6, 6.07) is 5.11. The van der Waals surface area contributed by atoms with Gasteiger partial charge in [0.1, 0.15) is 0 Å². The number of thioether (sulfide) groups is 1. The number of hydrogen-bond acceptors (Lipinski definition) is 4. The first kappa shape index (κ1) is 20.8. The zero-order valence-electron chi connectivity index (χ0n) is 15.7. The van der Waals surface area contributed by atoms with E-state index in [4.69, 9.17) is 11.6 Å². The SMILES string of the molecule is CCCNC(=O)[C@@H](C)Sc1nc2cc(Cl)ccc2c(=O)n1CCC(C)C. The molecule has 0 fully saturated rings. The van der Waals surface area contributed by atoms with E-state index in [1.807, 2.05) is 13.8 Å². The van der Waals surface area contributed by atoms with E-state index in [1.165, 1.54) is 11.8 Å². The van der Waals surface area contributed by atoms with E-state index in [0.717, 1.165) is 12.8 Å². The van der Waals surface area contributed by atoms with Crippen LogP contribution in [0, 0.1) is 5.92 Å². The third kappa shape index (κ3) is 5.24. The van der Waals surface area contributed by atoms with Gasteiger partial charge in [-0.05, 0) is 43.9 Å². The number of carbonyl (C=O) groups excluding carboxylic acids is 1. The number of benzene rings is 1. The van der Waals surface area contributed by atoms with Gasteiger partial charge in [0.2, 0.25) is 5.91 Å². The standard InChI is InChI=1S/C19H26ClN3O2S/c1-5-9-21-17(24)13(4)26-19-22-16-11-14(20)6-7-15(16)18(25)23(19)10-8-12(2)3/h6-7,11-13H,5,8-10H2,1-4H3,(H,21,24)/t13-/m1/s1. The predicted molar refractivity (Wildman–Crippen MR) is 109 cm³/mol. The van der Waals surface area contributed by atoms with E-state index >= 15 is 0 Å². The molecule has 1 heterocycles. The summed E-state index contributed by atoms with van der Waals surface area (Å²) in [5, 5.41) is 4.19. The van der Waals surface area contributed by atoms with Crippen LogP contribution in [0.25, 0.3) is 10.9 Å². The number of halogens is 1. The Bertz CT molecular complexity index is 835. The fourth-order valence-electron chi connectivity index (χ4n) is 2.45. The first-order chi connectivity index (χ1) is 12.3. The first-order valence-electron chi connectivity index (χ1n) is 8.98. The highest BCUT2D eigenvalue weighted by Gasteiger charge is 2.19. The molecule has 0 radical (unpaired) electrons. The molecule has 2 rings (SSSR count). The lowest BCUT2D eigenvalue weighted by Gasteiger charge is -2.17. The van der Waals surface area contributed by atoms with Crippen molar-refractivity contribution >= 4 is 40.2 Å². The van der Waals surface area contributed by atoms with Gasteiger partial charge in [-0.1, -0.05) is 44.1 Å². The average molecular weight is 396 g/mol. The summed E-state index contributed by atoms with van der Waals surface area (Å²) >= 11 is 7.37. The Morgan fingerprint density at radius 3 is 2.73 bits per heavy atom. The Balaban J connectivity index is 2.42. The summed E-state index contributed by atoms with van der Waals surface area (Å²) in [4.78, 5) is 29.8. The van der Waals surface area contributed by atoms with Crippen molar-refractivity contribution in [3.05, 3.63) is 33.6 Å². The maximum atomic E-state index is 13.0. The van der Waals surface area contributed by atoms with E-state index in [0.29, 0.717) is 40.1 Å². The molecule has 0 bridgehead atoms. The number of hydrogen-bond donors (Lipinski definition) is 1. The molecule has 0 aliphatic rings. The minimum Gasteiger partial charge on any atom is -0.355 e. The molecule has 1 amide bonds. The normalized spacial score (nSPS) is 12.5. The molecule has 1 aromatic heterocycles. The number of rotatable bonds is 8. The van der Waals surface area contributed by atoms with E-state index in [1.54, 1.807) is 22.8 Å². The quantitative estimate of drug-likeness (QED) is 0.539. The Labute approximate surface area is 163 Å². The van der Waals surface area contributed by atoms with E-state index in [-0.39, 0.29) is 16.7 Å². The molecule has 2 aromatic rings. The van der Waals surface area contributed by atoms with Crippen molar-refractivity contribution in [2.45, 2.75) is 57.5 Å². The van der Waals surface area contributed by atoms with Gasteiger partial charge in [0.25, 0.3) is 5.56 Å². The van der Waals surface area contributed by atoms with Crippen molar-refractivity contribution in [1.82, 2.24) is 14.9 Å². The minimum absolute atomic E-state index is 0.0484. The Morgan fingerprint density at radius 1 is 1.35 bits per heavy atom. The molecule has 7 heteroatoms. The molecule has 1 N–H and O–H groups in total. The van der Waals surface area contributed by atoms with Crippen LogP contribution in [0.2, 0.25) is 5.02 Å². The summed E-state index contributed by atoms with van der Waals surface area (Å²) in [5.74, 6) is 0.415. The van der Waals surface area contributed by atoms with Crippen LogP contribution in [0.5, 0.6) is 0 Å². The van der Waals surface area contributed by atoms with Crippen LogP contribution >= 0.6 is 23.4 Å². The molecule has 0 saturated carbocycles. The van der Waals surface area contributed by atoms with Crippen LogP contribution in [-0.4, -0.2) is 27.3 Å². The predicted octanol–water partition coefficient (Wildman–Crippen LogP) is 4.10. The highest BCUT2D eigenvalue weighted by molar-refractivity contribution is 8.00. The highest BCUT2D eigenvalue weighted by atomic mass is 35.5. The Kier molecular flexibility index (Phi) is 7.53. The average Bonchev–Trinajstić information content (AvgIpc) is 2.58. The van der Waals surface area contributed by atoms with Gasteiger partial charge in [0.15, 0.2) is 5.16 Å². The highest BCUT2D eigenvalue weighted by Crippen LogP contribution is 2.24. The third-order valence-corrected chi connectivity index (χ3v) is 5.34. The molecule has 26 heavy (non-hydrogen) atoms. The molecule has 0 unspecified atom stereocenters. The summed E-state index contributed by atoms with van der Waals surface area (Å²) in [7, 11) is 0. The number of nitrogens with one attached hydrogen (secondary N) is 1. The molecule has 0 aliphatic carbocycles. The summed E-state index contributed by atoms with van der Waals surface area (Å²) in [6.45, 7) is 9.30. The molecular formula is C19H26ClN3O2S.